The van der Waals surface area contributed by atoms with Crippen LogP contribution in [0, 0.1) is 0 Å². The van der Waals surface area contributed by atoms with Gasteiger partial charge >= 0.3 is 5.97 Å². The number of hydrogen-bond acceptors (Lipinski definition) is 3. The van der Waals surface area contributed by atoms with E-state index >= 15 is 0 Å². The highest BCUT2D eigenvalue weighted by Crippen LogP contribution is 2.20. The maximum atomic E-state index is 10.4. The monoisotopic (exact) mass is 184 g/mol. The number of aldehydes is 1. The molecule has 1 aromatic carbocycles. The van der Waals surface area contributed by atoms with Crippen molar-refractivity contribution < 1.29 is 25.3 Å². The van der Waals surface area contributed by atoms with Gasteiger partial charge in [-0.2, -0.15) is 0 Å². The molecule has 1 aromatic rings. The molecule has 0 saturated carbocycles. The Morgan fingerprint density at radius 2 is 2.00 bits per heavy atom. The van der Waals surface area contributed by atoms with Crippen molar-refractivity contribution in [1.29, 1.82) is 0 Å². The Kier molecular flexibility index (Phi) is 3.61. The van der Waals surface area contributed by atoms with Gasteiger partial charge in [0, 0.05) is 0 Å². The van der Waals surface area contributed by atoms with E-state index in [2.05, 4.69) is 0 Å². The van der Waals surface area contributed by atoms with Gasteiger partial charge in [-0.15, -0.1) is 0 Å². The molecule has 1 rings (SSSR count). The van der Waals surface area contributed by atoms with Gasteiger partial charge in [0.15, 0.2) is 6.29 Å². The maximum absolute atomic E-state index is 10.4. The molecular weight excluding hydrogens is 176 g/mol. The molecule has 0 saturated heterocycles. The van der Waals surface area contributed by atoms with Gasteiger partial charge in [-0.1, -0.05) is 6.07 Å². The number of carbonyl (C=O) groups excluding carboxylic acids is 1. The summed E-state index contributed by atoms with van der Waals surface area (Å²) in [5.74, 6) is -1.74. The smallest absolute Gasteiger partial charge is 0.339 e. The second kappa shape index (κ2) is 4.22. The summed E-state index contributed by atoms with van der Waals surface area (Å²) < 4.78 is 0. The van der Waals surface area contributed by atoms with Gasteiger partial charge in [-0.05, 0) is 12.1 Å². The number of carboxylic acids is 1. The summed E-state index contributed by atoms with van der Waals surface area (Å²) in [4.78, 5) is 20.7. The van der Waals surface area contributed by atoms with Crippen LogP contribution in [0.4, 0.5) is 0 Å². The van der Waals surface area contributed by atoms with E-state index in [1.54, 1.807) is 0 Å². The lowest BCUT2D eigenvalue weighted by molar-refractivity contribution is 0.0693. The summed E-state index contributed by atoms with van der Waals surface area (Å²) in [5.41, 5.74) is -0.283. The molecule has 0 aliphatic rings. The van der Waals surface area contributed by atoms with Crippen LogP contribution in [0.2, 0.25) is 0 Å². The van der Waals surface area contributed by atoms with Crippen molar-refractivity contribution >= 4 is 12.3 Å². The van der Waals surface area contributed by atoms with Crippen LogP contribution in [0.25, 0.3) is 0 Å². The third-order valence-electron chi connectivity index (χ3n) is 1.42. The van der Waals surface area contributed by atoms with Crippen molar-refractivity contribution in [3.05, 3.63) is 29.3 Å². The van der Waals surface area contributed by atoms with Gasteiger partial charge in [0.25, 0.3) is 0 Å². The second-order valence-corrected chi connectivity index (χ2v) is 2.17. The quantitative estimate of drug-likeness (QED) is 0.634. The SMILES string of the molecule is O.O=Cc1cccc(C(=O)O)c1O. The molecule has 13 heavy (non-hydrogen) atoms. The molecule has 4 N–H and O–H groups in total. The van der Waals surface area contributed by atoms with Crippen molar-refractivity contribution in [2.45, 2.75) is 0 Å². The molecule has 0 bridgehead atoms. The lowest BCUT2D eigenvalue weighted by atomic mass is 10.1. The van der Waals surface area contributed by atoms with Crippen LogP contribution in [0.15, 0.2) is 18.2 Å². The van der Waals surface area contributed by atoms with Crippen LogP contribution in [0.3, 0.4) is 0 Å². The van der Waals surface area contributed by atoms with Crippen LogP contribution in [-0.2, 0) is 0 Å². The number of aromatic carboxylic acids is 1. The molecule has 0 fully saturated rings. The van der Waals surface area contributed by atoms with E-state index in [-0.39, 0.29) is 16.6 Å². The first kappa shape index (κ1) is 11.1. The minimum Gasteiger partial charge on any atom is -0.506 e. The number of aromatic hydroxyl groups is 1. The number of carboxylic acid groups (broad SMARTS) is 1. The van der Waals surface area contributed by atoms with Gasteiger partial charge in [-0.25, -0.2) is 4.79 Å². The predicted molar refractivity (Wildman–Crippen MR) is 44.1 cm³/mol. The summed E-state index contributed by atoms with van der Waals surface area (Å²) in [6.07, 6.45) is 0.405. The highest BCUT2D eigenvalue weighted by atomic mass is 16.4. The molecule has 0 aromatic heterocycles. The first-order valence-electron chi connectivity index (χ1n) is 3.17. The van der Waals surface area contributed by atoms with Gasteiger partial charge in [0.1, 0.15) is 11.3 Å². The molecule has 0 unspecified atom stereocenters. The van der Waals surface area contributed by atoms with Crippen LogP contribution in [0.1, 0.15) is 20.7 Å². The molecular formula is C8H8O5. The number of phenols is 1. The van der Waals surface area contributed by atoms with Gasteiger partial charge in [-0.3, -0.25) is 4.79 Å². The topological polar surface area (TPSA) is 106 Å². The normalized spacial score (nSPS) is 8.62. The van der Waals surface area contributed by atoms with Crippen LogP contribution >= 0.6 is 0 Å². The van der Waals surface area contributed by atoms with Crippen LogP contribution in [0.5, 0.6) is 5.75 Å². The fourth-order valence-electron chi connectivity index (χ4n) is 0.829. The molecule has 0 spiro atoms. The number of rotatable bonds is 2. The molecule has 5 heteroatoms. The first-order valence-corrected chi connectivity index (χ1v) is 3.17. The molecule has 0 aliphatic carbocycles. The van der Waals surface area contributed by atoms with Gasteiger partial charge in [0.2, 0.25) is 0 Å². The van der Waals surface area contributed by atoms with E-state index < -0.39 is 11.7 Å². The Labute approximate surface area is 73.6 Å². The Morgan fingerprint density at radius 1 is 1.38 bits per heavy atom. The second-order valence-electron chi connectivity index (χ2n) is 2.17. The molecule has 5 nitrogen and oxygen atoms in total. The average molecular weight is 184 g/mol. The summed E-state index contributed by atoms with van der Waals surface area (Å²) in [7, 11) is 0. The fourth-order valence-corrected chi connectivity index (χ4v) is 0.829. The standard InChI is InChI=1S/C8H6O4.H2O/c9-4-5-2-1-3-6(7(5)10)8(11)12;/h1-4,10H,(H,11,12);1H2. The highest BCUT2D eigenvalue weighted by molar-refractivity contribution is 5.94. The summed E-state index contributed by atoms with van der Waals surface area (Å²) in [6.45, 7) is 0. The Hall–Kier alpha value is -1.88. The van der Waals surface area contributed by atoms with E-state index in [0.717, 1.165) is 0 Å². The number of carbonyl (C=O) groups is 2. The van der Waals surface area contributed by atoms with Crippen LogP contribution in [-0.4, -0.2) is 27.9 Å². The highest BCUT2D eigenvalue weighted by Gasteiger charge is 2.11. The first-order chi connectivity index (χ1) is 5.66. The molecule has 0 atom stereocenters. The molecule has 0 radical (unpaired) electrons. The van der Waals surface area contributed by atoms with Crippen LogP contribution < -0.4 is 0 Å². The zero-order valence-electron chi connectivity index (χ0n) is 6.52. The molecule has 70 valence electrons. The minimum atomic E-state index is -1.25. The lowest BCUT2D eigenvalue weighted by Gasteiger charge is -1.99. The molecule has 0 amide bonds. The Morgan fingerprint density at radius 3 is 2.46 bits per heavy atom. The van der Waals surface area contributed by atoms with Crippen molar-refractivity contribution in [2.75, 3.05) is 0 Å². The van der Waals surface area contributed by atoms with Crippen molar-refractivity contribution in [3.63, 3.8) is 0 Å². The van der Waals surface area contributed by atoms with E-state index in [9.17, 15) is 9.59 Å². The Balaban J connectivity index is 0.00000144. The number of para-hydroxylation sites is 1. The largest absolute Gasteiger partial charge is 0.506 e. The van der Waals surface area contributed by atoms with E-state index in [0.29, 0.717) is 6.29 Å². The number of benzene rings is 1. The van der Waals surface area contributed by atoms with Crippen molar-refractivity contribution in [1.82, 2.24) is 0 Å². The molecule has 0 heterocycles. The third-order valence-corrected chi connectivity index (χ3v) is 1.42. The van der Waals surface area contributed by atoms with Gasteiger partial charge < -0.3 is 15.7 Å². The minimum absolute atomic E-state index is 0. The summed E-state index contributed by atoms with van der Waals surface area (Å²) >= 11 is 0. The predicted octanol–water partition coefficient (Wildman–Crippen LogP) is 0.0782. The van der Waals surface area contributed by atoms with Crippen molar-refractivity contribution in [2.24, 2.45) is 0 Å². The summed E-state index contributed by atoms with van der Waals surface area (Å²) in [5, 5.41) is 17.7. The van der Waals surface area contributed by atoms with Crippen molar-refractivity contribution in [3.8, 4) is 5.75 Å². The Bertz CT molecular complexity index is 331. The van der Waals surface area contributed by atoms with E-state index in [1.165, 1.54) is 18.2 Å². The molecule has 0 aliphatic heterocycles. The summed E-state index contributed by atoms with van der Waals surface area (Å²) in [6, 6.07) is 3.96. The maximum Gasteiger partial charge on any atom is 0.339 e. The zero-order chi connectivity index (χ0) is 9.14. The average Bonchev–Trinajstić information content (AvgIpc) is 2.04. The van der Waals surface area contributed by atoms with Gasteiger partial charge in [0.05, 0.1) is 5.56 Å². The fraction of sp³-hybridized carbons (Fsp3) is 0. The zero-order valence-corrected chi connectivity index (χ0v) is 6.52. The lowest BCUT2D eigenvalue weighted by Crippen LogP contribution is -1.98. The third kappa shape index (κ3) is 2.03. The number of hydrogen-bond donors (Lipinski definition) is 2. The van der Waals surface area contributed by atoms with E-state index in [4.69, 9.17) is 10.2 Å². The van der Waals surface area contributed by atoms with E-state index in [1.807, 2.05) is 0 Å².